The fourth-order valence-corrected chi connectivity index (χ4v) is 2.76. The normalized spacial score (nSPS) is 21.6. The van der Waals surface area contributed by atoms with Crippen molar-refractivity contribution in [2.24, 2.45) is 5.92 Å². The van der Waals surface area contributed by atoms with E-state index in [0.717, 1.165) is 12.0 Å². The molecule has 0 bridgehead atoms. The number of carbonyl (C=O) groups excluding carboxylic acids is 2. The highest BCUT2D eigenvalue weighted by molar-refractivity contribution is 5.99. The van der Waals surface area contributed by atoms with Crippen LogP contribution in [0.4, 0.5) is 0 Å². The summed E-state index contributed by atoms with van der Waals surface area (Å²) in [5.74, 6) is 0.00155. The van der Waals surface area contributed by atoms with Gasteiger partial charge in [-0.2, -0.15) is 0 Å². The third-order valence-corrected chi connectivity index (χ3v) is 3.86. The van der Waals surface area contributed by atoms with Gasteiger partial charge in [-0.1, -0.05) is 13.8 Å². The first-order valence-electron chi connectivity index (χ1n) is 7.35. The summed E-state index contributed by atoms with van der Waals surface area (Å²) >= 11 is 0. The molecule has 0 saturated carbocycles. The van der Waals surface area contributed by atoms with E-state index in [2.05, 4.69) is 10.3 Å². The van der Waals surface area contributed by atoms with Gasteiger partial charge in [0.15, 0.2) is 0 Å². The Morgan fingerprint density at radius 3 is 2.48 bits per heavy atom. The van der Waals surface area contributed by atoms with Crippen LogP contribution in [-0.4, -0.2) is 39.8 Å². The molecule has 5 nitrogen and oxygen atoms in total. The summed E-state index contributed by atoms with van der Waals surface area (Å²) in [6.07, 6.45) is 4.20. The molecule has 1 fully saturated rings. The van der Waals surface area contributed by atoms with E-state index in [0.29, 0.717) is 6.54 Å². The Kier molecular flexibility index (Phi) is 4.30. The summed E-state index contributed by atoms with van der Waals surface area (Å²) in [4.78, 5) is 30.6. The van der Waals surface area contributed by atoms with Crippen molar-refractivity contribution in [1.82, 2.24) is 15.2 Å². The quantitative estimate of drug-likeness (QED) is 0.911. The summed E-state index contributed by atoms with van der Waals surface area (Å²) < 4.78 is 0. The third kappa shape index (κ3) is 3.23. The van der Waals surface area contributed by atoms with Crippen LogP contribution in [-0.2, 0) is 16.0 Å². The van der Waals surface area contributed by atoms with Crippen molar-refractivity contribution in [3.8, 4) is 0 Å². The highest BCUT2D eigenvalue weighted by Crippen LogP contribution is 2.23. The summed E-state index contributed by atoms with van der Waals surface area (Å²) in [7, 11) is 0. The molecule has 21 heavy (non-hydrogen) atoms. The number of hydrogen-bond acceptors (Lipinski definition) is 3. The Bertz CT molecular complexity index is 526. The van der Waals surface area contributed by atoms with Gasteiger partial charge in [-0.05, 0) is 43.9 Å². The molecule has 5 heteroatoms. The second-order valence-corrected chi connectivity index (χ2v) is 6.41. The molecule has 1 atom stereocenters. The maximum absolute atomic E-state index is 12.6. The first-order valence-corrected chi connectivity index (χ1v) is 7.35. The Morgan fingerprint density at radius 1 is 1.29 bits per heavy atom. The van der Waals surface area contributed by atoms with Crippen molar-refractivity contribution in [3.05, 3.63) is 30.1 Å². The van der Waals surface area contributed by atoms with Gasteiger partial charge in [-0.3, -0.25) is 14.6 Å². The average molecular weight is 289 g/mol. The highest BCUT2D eigenvalue weighted by Gasteiger charge is 2.45. The molecule has 1 unspecified atom stereocenters. The average Bonchev–Trinajstić information content (AvgIpc) is 2.41. The first kappa shape index (κ1) is 15.5. The largest absolute Gasteiger partial charge is 0.340 e. The smallest absolute Gasteiger partial charge is 0.248 e. The van der Waals surface area contributed by atoms with Crippen molar-refractivity contribution in [3.63, 3.8) is 0 Å². The SMILES string of the molecule is CC(C)C1C(=O)NC(C)(C)C(=O)N1CCc1ccncc1. The van der Waals surface area contributed by atoms with Gasteiger partial charge in [0.25, 0.3) is 0 Å². The van der Waals surface area contributed by atoms with E-state index >= 15 is 0 Å². The van der Waals surface area contributed by atoms with Crippen molar-refractivity contribution in [1.29, 1.82) is 0 Å². The molecule has 1 aliphatic rings. The molecule has 1 aromatic rings. The number of nitrogens with one attached hydrogen (secondary N) is 1. The summed E-state index contributed by atoms with van der Waals surface area (Å²) in [5.41, 5.74) is 0.282. The van der Waals surface area contributed by atoms with Gasteiger partial charge in [-0.15, -0.1) is 0 Å². The van der Waals surface area contributed by atoms with Crippen LogP contribution >= 0.6 is 0 Å². The summed E-state index contributed by atoms with van der Waals surface area (Å²) in [5, 5.41) is 2.82. The zero-order chi connectivity index (χ0) is 15.6. The number of hydrogen-bond donors (Lipinski definition) is 1. The minimum atomic E-state index is -0.833. The van der Waals surface area contributed by atoms with E-state index in [9.17, 15) is 9.59 Å². The number of nitrogens with zero attached hydrogens (tertiary/aromatic N) is 2. The minimum Gasteiger partial charge on any atom is -0.340 e. The lowest BCUT2D eigenvalue weighted by atomic mass is 9.91. The van der Waals surface area contributed by atoms with Crippen LogP contribution in [0, 0.1) is 5.92 Å². The first-order chi connectivity index (χ1) is 9.83. The summed E-state index contributed by atoms with van der Waals surface area (Å²) in [6, 6.07) is 3.47. The molecule has 2 rings (SSSR count). The molecule has 1 aliphatic heterocycles. The topological polar surface area (TPSA) is 62.3 Å². The molecule has 1 aromatic heterocycles. The van der Waals surface area contributed by atoms with Gasteiger partial charge < -0.3 is 10.2 Å². The minimum absolute atomic E-state index is 0.0187. The molecule has 114 valence electrons. The molecule has 0 aromatic carbocycles. The fraction of sp³-hybridized carbons (Fsp3) is 0.562. The van der Waals surface area contributed by atoms with Crippen LogP contribution in [0.1, 0.15) is 33.3 Å². The zero-order valence-corrected chi connectivity index (χ0v) is 13.1. The predicted molar refractivity (Wildman–Crippen MR) is 80.5 cm³/mol. The van der Waals surface area contributed by atoms with Crippen molar-refractivity contribution >= 4 is 11.8 Å². The van der Waals surface area contributed by atoms with E-state index in [1.807, 2.05) is 26.0 Å². The molecule has 1 N–H and O–H groups in total. The van der Waals surface area contributed by atoms with Crippen LogP contribution < -0.4 is 5.32 Å². The molecule has 0 radical (unpaired) electrons. The van der Waals surface area contributed by atoms with Crippen molar-refractivity contribution < 1.29 is 9.59 Å². The second kappa shape index (κ2) is 5.84. The molecule has 2 amide bonds. The number of rotatable bonds is 4. The van der Waals surface area contributed by atoms with E-state index < -0.39 is 11.6 Å². The number of amides is 2. The number of pyridine rings is 1. The lowest BCUT2D eigenvalue weighted by Crippen LogP contribution is -2.69. The highest BCUT2D eigenvalue weighted by atomic mass is 16.2. The molecule has 1 saturated heterocycles. The number of carbonyl (C=O) groups is 2. The van der Waals surface area contributed by atoms with Gasteiger partial charge in [0, 0.05) is 18.9 Å². The van der Waals surface area contributed by atoms with E-state index in [1.54, 1.807) is 31.1 Å². The Morgan fingerprint density at radius 2 is 1.90 bits per heavy atom. The molecule has 0 spiro atoms. The Balaban J connectivity index is 2.18. The standard InChI is InChI=1S/C16H23N3O2/c1-11(2)13-14(20)18-16(3,4)15(21)19(13)10-7-12-5-8-17-9-6-12/h5-6,8-9,11,13H,7,10H2,1-4H3,(H,18,20). The van der Waals surface area contributed by atoms with Gasteiger partial charge in [0.2, 0.25) is 11.8 Å². The van der Waals surface area contributed by atoms with Crippen LogP contribution in [0.25, 0.3) is 0 Å². The fourth-order valence-electron chi connectivity index (χ4n) is 2.76. The van der Waals surface area contributed by atoms with E-state index in [-0.39, 0.29) is 17.7 Å². The number of aromatic nitrogens is 1. The van der Waals surface area contributed by atoms with Crippen LogP contribution in [0.15, 0.2) is 24.5 Å². The number of piperazine rings is 1. The lowest BCUT2D eigenvalue weighted by molar-refractivity contribution is -0.155. The molecule has 2 heterocycles. The third-order valence-electron chi connectivity index (χ3n) is 3.86. The van der Waals surface area contributed by atoms with Gasteiger partial charge in [0.1, 0.15) is 11.6 Å². The molecular weight excluding hydrogens is 266 g/mol. The van der Waals surface area contributed by atoms with Gasteiger partial charge in [-0.25, -0.2) is 0 Å². The van der Waals surface area contributed by atoms with Gasteiger partial charge >= 0.3 is 0 Å². The van der Waals surface area contributed by atoms with Crippen molar-refractivity contribution in [2.75, 3.05) is 6.54 Å². The molecular formula is C16H23N3O2. The predicted octanol–water partition coefficient (Wildman–Crippen LogP) is 1.39. The Hall–Kier alpha value is -1.91. The monoisotopic (exact) mass is 289 g/mol. The maximum Gasteiger partial charge on any atom is 0.248 e. The van der Waals surface area contributed by atoms with E-state index in [1.165, 1.54) is 0 Å². The van der Waals surface area contributed by atoms with Crippen LogP contribution in [0.5, 0.6) is 0 Å². The second-order valence-electron chi connectivity index (χ2n) is 6.41. The summed E-state index contributed by atoms with van der Waals surface area (Å²) in [6.45, 7) is 7.99. The van der Waals surface area contributed by atoms with E-state index in [4.69, 9.17) is 0 Å². The van der Waals surface area contributed by atoms with Crippen LogP contribution in [0.2, 0.25) is 0 Å². The van der Waals surface area contributed by atoms with Crippen molar-refractivity contribution in [2.45, 2.75) is 45.7 Å². The van der Waals surface area contributed by atoms with Crippen LogP contribution in [0.3, 0.4) is 0 Å². The van der Waals surface area contributed by atoms with Gasteiger partial charge in [0.05, 0.1) is 0 Å². The zero-order valence-electron chi connectivity index (χ0n) is 13.1. The lowest BCUT2D eigenvalue weighted by Gasteiger charge is -2.44. The maximum atomic E-state index is 12.6. The molecule has 0 aliphatic carbocycles. The Labute approximate surface area is 125 Å².